The van der Waals surface area contributed by atoms with Gasteiger partial charge in [0.05, 0.1) is 15.5 Å². The van der Waals surface area contributed by atoms with Crippen LogP contribution in [0.25, 0.3) is 0 Å². The largest absolute Gasteiger partial charge is 0.322 e. The minimum absolute atomic E-state index is 0.155. The molecule has 0 fully saturated rings. The van der Waals surface area contributed by atoms with Crippen LogP contribution in [-0.4, -0.2) is 31.7 Å². The highest BCUT2D eigenvalue weighted by Gasteiger charge is 2.23. The summed E-state index contributed by atoms with van der Waals surface area (Å²) < 4.78 is 26.1. The second-order valence-electron chi connectivity index (χ2n) is 5.72. The Kier molecular flexibility index (Phi) is 6.11. The molecule has 2 aromatic rings. The molecule has 0 atom stereocenters. The number of halogens is 2. The lowest BCUT2D eigenvalue weighted by Crippen LogP contribution is -2.33. The zero-order chi connectivity index (χ0) is 18.8. The van der Waals surface area contributed by atoms with E-state index in [1.54, 1.807) is 19.9 Å². The summed E-state index contributed by atoms with van der Waals surface area (Å²) in [5.74, 6) is -0.428. The van der Waals surface area contributed by atoms with Gasteiger partial charge in [-0.2, -0.15) is 4.31 Å². The lowest BCUT2D eigenvalue weighted by atomic mass is 10.2. The maximum absolute atomic E-state index is 12.4. The van der Waals surface area contributed by atoms with Crippen LogP contribution >= 0.6 is 23.2 Å². The first-order chi connectivity index (χ1) is 11.6. The van der Waals surface area contributed by atoms with Crippen LogP contribution in [-0.2, 0) is 10.0 Å². The monoisotopic (exact) mass is 400 g/mol. The Morgan fingerprint density at radius 1 is 1.08 bits per heavy atom. The molecule has 0 spiro atoms. The van der Waals surface area contributed by atoms with Crippen molar-refractivity contribution < 1.29 is 13.2 Å². The Balaban J connectivity index is 2.21. The molecule has 0 heterocycles. The van der Waals surface area contributed by atoms with E-state index >= 15 is 0 Å². The quantitative estimate of drug-likeness (QED) is 0.814. The first-order valence-corrected chi connectivity index (χ1v) is 9.67. The second kappa shape index (κ2) is 7.74. The van der Waals surface area contributed by atoms with Crippen molar-refractivity contribution in [1.29, 1.82) is 0 Å². The fourth-order valence-electron chi connectivity index (χ4n) is 2.02. The molecule has 2 rings (SSSR count). The summed E-state index contributed by atoms with van der Waals surface area (Å²) in [6, 6.07) is 10.4. The predicted octanol–water partition coefficient (Wildman–Crippen LogP) is 4.27. The van der Waals surface area contributed by atoms with Crippen LogP contribution in [0.5, 0.6) is 0 Å². The van der Waals surface area contributed by atoms with Crippen LogP contribution in [0, 0.1) is 0 Å². The van der Waals surface area contributed by atoms with E-state index in [2.05, 4.69) is 5.32 Å². The van der Waals surface area contributed by atoms with Crippen molar-refractivity contribution in [2.24, 2.45) is 0 Å². The molecule has 0 aliphatic carbocycles. The number of hydrogen-bond acceptors (Lipinski definition) is 3. The number of hydrogen-bond donors (Lipinski definition) is 1. The lowest BCUT2D eigenvalue weighted by Gasteiger charge is -2.21. The van der Waals surface area contributed by atoms with Gasteiger partial charge in [0, 0.05) is 23.8 Å². The van der Waals surface area contributed by atoms with Gasteiger partial charge in [-0.3, -0.25) is 4.79 Å². The third-order valence-electron chi connectivity index (χ3n) is 3.69. The Bertz CT molecular complexity index is 881. The van der Waals surface area contributed by atoms with Crippen LogP contribution in [0.1, 0.15) is 24.2 Å². The highest BCUT2D eigenvalue weighted by Crippen LogP contribution is 2.23. The normalized spacial score (nSPS) is 11.8. The van der Waals surface area contributed by atoms with Crippen molar-refractivity contribution in [2.75, 3.05) is 12.4 Å². The van der Waals surface area contributed by atoms with E-state index in [1.807, 2.05) is 0 Å². The minimum atomic E-state index is -3.57. The molecule has 0 saturated heterocycles. The minimum Gasteiger partial charge on any atom is -0.322 e. The zero-order valence-electron chi connectivity index (χ0n) is 14.0. The van der Waals surface area contributed by atoms with E-state index in [0.717, 1.165) is 0 Å². The van der Waals surface area contributed by atoms with Gasteiger partial charge in [-0.05, 0) is 56.3 Å². The molecule has 0 saturated carbocycles. The Labute approximate surface area is 157 Å². The summed E-state index contributed by atoms with van der Waals surface area (Å²) in [7, 11) is -2.04. The molecule has 1 amide bonds. The fourth-order valence-corrected chi connectivity index (χ4v) is 3.77. The average Bonchev–Trinajstić information content (AvgIpc) is 2.56. The molecular formula is C17H18Cl2N2O3S. The zero-order valence-corrected chi connectivity index (χ0v) is 16.3. The molecule has 0 bridgehead atoms. The molecule has 0 aromatic heterocycles. The maximum Gasteiger partial charge on any atom is 0.257 e. The molecule has 0 aliphatic rings. The SMILES string of the molecule is CC(C)N(C)S(=O)(=O)c1ccc(NC(=O)c2cc(Cl)ccc2Cl)cc1. The molecule has 25 heavy (non-hydrogen) atoms. The number of rotatable bonds is 5. The highest BCUT2D eigenvalue weighted by atomic mass is 35.5. The Hall–Kier alpha value is -1.60. The van der Waals surface area contributed by atoms with Gasteiger partial charge in [-0.15, -0.1) is 0 Å². The van der Waals surface area contributed by atoms with Gasteiger partial charge in [-0.1, -0.05) is 23.2 Å². The number of amides is 1. The number of nitrogens with zero attached hydrogens (tertiary/aromatic N) is 1. The number of benzene rings is 2. The molecule has 2 aromatic carbocycles. The average molecular weight is 401 g/mol. The van der Waals surface area contributed by atoms with Gasteiger partial charge in [0.25, 0.3) is 5.91 Å². The summed E-state index contributed by atoms with van der Waals surface area (Å²) in [5.41, 5.74) is 0.692. The topological polar surface area (TPSA) is 66.5 Å². The van der Waals surface area contributed by atoms with E-state index < -0.39 is 15.9 Å². The van der Waals surface area contributed by atoms with E-state index in [0.29, 0.717) is 10.7 Å². The third kappa shape index (κ3) is 4.52. The molecule has 8 heteroatoms. The van der Waals surface area contributed by atoms with E-state index in [1.165, 1.54) is 47.8 Å². The summed E-state index contributed by atoms with van der Waals surface area (Å²) in [6.07, 6.45) is 0. The van der Waals surface area contributed by atoms with E-state index in [9.17, 15) is 13.2 Å². The predicted molar refractivity (Wildman–Crippen MR) is 101 cm³/mol. The highest BCUT2D eigenvalue weighted by molar-refractivity contribution is 7.89. The van der Waals surface area contributed by atoms with Gasteiger partial charge >= 0.3 is 0 Å². The summed E-state index contributed by atoms with van der Waals surface area (Å²) in [5, 5.41) is 3.34. The van der Waals surface area contributed by atoms with Gasteiger partial charge in [0.15, 0.2) is 0 Å². The van der Waals surface area contributed by atoms with E-state index in [-0.39, 0.29) is 21.5 Å². The first kappa shape index (κ1) is 19.7. The van der Waals surface area contributed by atoms with Crippen LogP contribution < -0.4 is 5.32 Å². The standard InChI is InChI=1S/C17H18Cl2N2O3S/c1-11(2)21(3)25(23,24)14-7-5-13(6-8-14)20-17(22)15-10-12(18)4-9-16(15)19/h4-11H,1-3H3,(H,20,22). The molecule has 5 nitrogen and oxygen atoms in total. The number of carbonyl (C=O) groups is 1. The molecule has 0 radical (unpaired) electrons. The second-order valence-corrected chi connectivity index (χ2v) is 8.56. The fraction of sp³-hybridized carbons (Fsp3) is 0.235. The first-order valence-electron chi connectivity index (χ1n) is 7.47. The van der Waals surface area contributed by atoms with Gasteiger partial charge in [0.2, 0.25) is 10.0 Å². The van der Waals surface area contributed by atoms with Crippen LogP contribution in [0.15, 0.2) is 47.4 Å². The molecule has 0 aliphatic heterocycles. The van der Waals surface area contributed by atoms with E-state index in [4.69, 9.17) is 23.2 Å². The van der Waals surface area contributed by atoms with Crippen molar-refractivity contribution >= 4 is 44.8 Å². The summed E-state index contributed by atoms with van der Waals surface area (Å²) in [6.45, 7) is 3.59. The van der Waals surface area contributed by atoms with Crippen molar-refractivity contribution in [3.05, 3.63) is 58.1 Å². The van der Waals surface area contributed by atoms with Gasteiger partial charge in [0.1, 0.15) is 0 Å². The molecule has 1 N–H and O–H groups in total. The Morgan fingerprint density at radius 3 is 2.24 bits per heavy atom. The smallest absolute Gasteiger partial charge is 0.257 e. The van der Waals surface area contributed by atoms with Crippen molar-refractivity contribution in [1.82, 2.24) is 4.31 Å². The summed E-state index contributed by atoms with van der Waals surface area (Å²) in [4.78, 5) is 12.4. The molecule has 134 valence electrons. The van der Waals surface area contributed by atoms with Crippen LogP contribution in [0.2, 0.25) is 10.0 Å². The number of anilines is 1. The van der Waals surface area contributed by atoms with Gasteiger partial charge < -0.3 is 5.32 Å². The number of sulfonamides is 1. The molecular weight excluding hydrogens is 383 g/mol. The van der Waals surface area contributed by atoms with Crippen LogP contribution in [0.3, 0.4) is 0 Å². The van der Waals surface area contributed by atoms with Gasteiger partial charge in [-0.25, -0.2) is 8.42 Å². The third-order valence-corrected chi connectivity index (χ3v) is 6.30. The summed E-state index contributed by atoms with van der Waals surface area (Å²) >= 11 is 11.9. The Morgan fingerprint density at radius 2 is 1.68 bits per heavy atom. The van der Waals surface area contributed by atoms with Crippen molar-refractivity contribution in [2.45, 2.75) is 24.8 Å². The maximum atomic E-state index is 12.4. The van der Waals surface area contributed by atoms with Crippen LogP contribution in [0.4, 0.5) is 5.69 Å². The molecule has 0 unspecified atom stereocenters. The van der Waals surface area contributed by atoms with Crippen molar-refractivity contribution in [3.63, 3.8) is 0 Å². The van der Waals surface area contributed by atoms with Crippen molar-refractivity contribution in [3.8, 4) is 0 Å². The lowest BCUT2D eigenvalue weighted by molar-refractivity contribution is 0.102. The number of carbonyl (C=O) groups excluding carboxylic acids is 1. The number of nitrogens with one attached hydrogen (secondary N) is 1.